The summed E-state index contributed by atoms with van der Waals surface area (Å²) in [4.78, 5) is 25.4. The molecule has 0 fully saturated rings. The molecule has 0 spiro atoms. The van der Waals surface area contributed by atoms with Gasteiger partial charge in [-0.25, -0.2) is 0 Å². The highest BCUT2D eigenvalue weighted by atomic mass is 32.1. The number of benzene rings is 3. The van der Waals surface area contributed by atoms with E-state index < -0.39 is 5.97 Å². The van der Waals surface area contributed by atoms with Crippen LogP contribution in [0.1, 0.15) is 38.8 Å². The monoisotopic (exact) mass is 550 g/mol. The number of hydrogen-bond acceptors (Lipinski definition) is 3. The molecule has 0 bridgehead atoms. The van der Waals surface area contributed by atoms with E-state index in [9.17, 15) is 14.7 Å². The van der Waals surface area contributed by atoms with Crippen LogP contribution in [0.25, 0.3) is 34.0 Å². The maximum atomic E-state index is 13.6. The number of nitrogens with zero attached hydrogens (tertiary/aromatic N) is 3. The van der Waals surface area contributed by atoms with E-state index in [0.717, 1.165) is 41.0 Å². The smallest absolute Gasteiger partial charge is 0.323 e. The molecule has 2 aromatic heterocycles. The Balaban J connectivity index is 1.56. The SMILES string of the molecule is CCn1c2ccccc2c2cc(/C=c3/sc(=CC4=[N+](CC)c5ccccc5C4(C)C)n(CC(=O)O)c3=O)ccc21. The number of aromatic nitrogens is 2. The molecule has 1 N–H and O–H groups in total. The quantitative estimate of drug-likeness (QED) is 0.308. The maximum absolute atomic E-state index is 13.6. The molecular formula is C33H32N3O3S+. The van der Waals surface area contributed by atoms with Crippen molar-refractivity contribution in [2.45, 2.75) is 46.2 Å². The number of rotatable bonds is 6. The predicted molar refractivity (Wildman–Crippen MR) is 164 cm³/mol. The molecule has 0 atom stereocenters. The van der Waals surface area contributed by atoms with Crippen LogP contribution >= 0.6 is 11.3 Å². The zero-order valence-corrected chi connectivity index (χ0v) is 24.0. The van der Waals surface area contributed by atoms with Gasteiger partial charge in [0.25, 0.3) is 5.56 Å². The molecule has 0 radical (unpaired) electrons. The van der Waals surface area contributed by atoms with Gasteiger partial charge >= 0.3 is 5.97 Å². The number of thiazole rings is 1. The van der Waals surface area contributed by atoms with Crippen molar-refractivity contribution >= 4 is 62.7 Å². The zero-order valence-electron chi connectivity index (χ0n) is 23.1. The largest absolute Gasteiger partial charge is 0.480 e. The van der Waals surface area contributed by atoms with Crippen molar-refractivity contribution in [1.29, 1.82) is 0 Å². The number of carbonyl (C=O) groups is 1. The molecule has 5 aromatic rings. The van der Waals surface area contributed by atoms with Gasteiger partial charge in [-0.2, -0.15) is 4.58 Å². The summed E-state index contributed by atoms with van der Waals surface area (Å²) in [6, 6.07) is 23.0. The van der Waals surface area contributed by atoms with Crippen molar-refractivity contribution in [2.24, 2.45) is 0 Å². The summed E-state index contributed by atoms with van der Waals surface area (Å²) < 4.78 is 7.09. The fourth-order valence-corrected chi connectivity index (χ4v) is 7.19. The van der Waals surface area contributed by atoms with Crippen LogP contribution in [-0.2, 0) is 23.3 Å². The van der Waals surface area contributed by atoms with Gasteiger partial charge in [-0.3, -0.25) is 14.2 Å². The van der Waals surface area contributed by atoms with Crippen LogP contribution in [0, 0.1) is 0 Å². The topological polar surface area (TPSA) is 67.2 Å². The first-order valence-corrected chi connectivity index (χ1v) is 14.5. The van der Waals surface area contributed by atoms with Gasteiger partial charge in [0.05, 0.1) is 9.95 Å². The van der Waals surface area contributed by atoms with E-state index in [1.165, 1.54) is 32.4 Å². The van der Waals surface area contributed by atoms with Crippen LogP contribution in [0.4, 0.5) is 5.69 Å². The molecule has 202 valence electrons. The first-order valence-electron chi connectivity index (χ1n) is 13.6. The molecule has 6 nitrogen and oxygen atoms in total. The first-order chi connectivity index (χ1) is 19.2. The Bertz CT molecular complexity index is 2040. The number of aryl methyl sites for hydroxylation is 1. The number of carboxylic acid groups (broad SMARTS) is 1. The fourth-order valence-electron chi connectivity index (χ4n) is 6.14. The van der Waals surface area contributed by atoms with Crippen molar-refractivity contribution in [2.75, 3.05) is 6.54 Å². The van der Waals surface area contributed by atoms with Gasteiger partial charge in [0.1, 0.15) is 17.8 Å². The third-order valence-electron chi connectivity index (χ3n) is 8.02. The standard InChI is InChI=1S/C33H31N3O3S/c1-5-34-25-13-9-7-11-22(25)23-17-21(15-16-26(23)34)18-28-32(39)36(20-31(37)38)30(40-28)19-29-33(3,4)24-12-8-10-14-27(24)35(29)6-2/h7-19H,5-6,20H2,1-4H3/p+1/b28-18+. The predicted octanol–water partition coefficient (Wildman–Crippen LogP) is 4.83. The summed E-state index contributed by atoms with van der Waals surface area (Å²) in [5.41, 5.74) is 6.10. The van der Waals surface area contributed by atoms with Crippen LogP contribution in [0.2, 0.25) is 0 Å². The molecule has 40 heavy (non-hydrogen) atoms. The number of aliphatic carboxylic acids is 1. The van der Waals surface area contributed by atoms with E-state index in [-0.39, 0.29) is 17.5 Å². The van der Waals surface area contributed by atoms with Crippen molar-refractivity contribution < 1.29 is 14.5 Å². The van der Waals surface area contributed by atoms with Crippen LogP contribution in [-0.4, -0.2) is 37.0 Å². The zero-order chi connectivity index (χ0) is 28.2. The minimum absolute atomic E-state index is 0.285. The molecule has 0 amide bonds. The number of hydrogen-bond donors (Lipinski definition) is 1. The van der Waals surface area contributed by atoms with Crippen molar-refractivity contribution in [3.8, 4) is 0 Å². The van der Waals surface area contributed by atoms with Crippen LogP contribution in [0.15, 0.2) is 71.5 Å². The minimum atomic E-state index is -1.04. The molecule has 7 heteroatoms. The Morgan fingerprint density at radius 3 is 2.42 bits per heavy atom. The van der Waals surface area contributed by atoms with E-state index in [4.69, 9.17) is 0 Å². The molecule has 1 aliphatic heterocycles. The second kappa shape index (κ2) is 9.75. The molecule has 1 aliphatic rings. The molecule has 0 unspecified atom stereocenters. The Kier molecular flexibility index (Phi) is 6.34. The average Bonchev–Trinajstić information content (AvgIpc) is 3.49. The van der Waals surface area contributed by atoms with Crippen molar-refractivity contribution in [3.05, 3.63) is 97.4 Å². The molecule has 3 aromatic carbocycles. The van der Waals surface area contributed by atoms with Gasteiger partial charge in [-0.15, -0.1) is 11.3 Å². The molecule has 0 saturated carbocycles. The van der Waals surface area contributed by atoms with Crippen LogP contribution in [0.5, 0.6) is 0 Å². The molecule has 0 aliphatic carbocycles. The lowest BCUT2D eigenvalue weighted by atomic mass is 9.81. The van der Waals surface area contributed by atoms with E-state index in [1.54, 1.807) is 0 Å². The number of carboxylic acids is 1. The van der Waals surface area contributed by atoms with Crippen molar-refractivity contribution in [1.82, 2.24) is 9.13 Å². The van der Waals surface area contributed by atoms with Crippen molar-refractivity contribution in [3.63, 3.8) is 0 Å². The van der Waals surface area contributed by atoms with Crippen LogP contribution in [0.3, 0.4) is 0 Å². The molecule has 3 heterocycles. The summed E-state index contributed by atoms with van der Waals surface area (Å²) in [6.45, 7) is 9.85. The van der Waals surface area contributed by atoms with E-state index >= 15 is 0 Å². The van der Waals surface area contributed by atoms with Gasteiger partial charge in [0.15, 0.2) is 5.71 Å². The average molecular weight is 551 g/mol. The third kappa shape index (κ3) is 4.04. The van der Waals surface area contributed by atoms with E-state index in [0.29, 0.717) is 9.20 Å². The van der Waals surface area contributed by atoms with Gasteiger partial charge < -0.3 is 9.67 Å². The number of para-hydroxylation sites is 2. The third-order valence-corrected chi connectivity index (χ3v) is 9.08. The highest BCUT2D eigenvalue weighted by Crippen LogP contribution is 2.39. The van der Waals surface area contributed by atoms with Gasteiger partial charge in [0.2, 0.25) is 5.69 Å². The molecular weight excluding hydrogens is 518 g/mol. The highest BCUT2D eigenvalue weighted by Gasteiger charge is 2.43. The summed E-state index contributed by atoms with van der Waals surface area (Å²) in [5, 5.41) is 12.0. The van der Waals surface area contributed by atoms with Crippen LogP contribution < -0.4 is 14.8 Å². The molecule has 0 saturated heterocycles. The van der Waals surface area contributed by atoms with Gasteiger partial charge in [0, 0.05) is 46.1 Å². The first kappa shape index (κ1) is 26.0. The normalized spacial score (nSPS) is 15.5. The second-order valence-corrected chi connectivity index (χ2v) is 11.8. The number of fused-ring (bicyclic) bond motifs is 4. The summed E-state index contributed by atoms with van der Waals surface area (Å²) in [7, 11) is 0. The fraction of sp³-hybridized carbons (Fsp3) is 0.242. The Hall–Kier alpha value is -4.23. The van der Waals surface area contributed by atoms with E-state index in [1.807, 2.05) is 36.4 Å². The summed E-state index contributed by atoms with van der Waals surface area (Å²) >= 11 is 1.34. The molecule has 6 rings (SSSR count). The summed E-state index contributed by atoms with van der Waals surface area (Å²) in [6.07, 6.45) is 3.89. The lowest BCUT2D eigenvalue weighted by molar-refractivity contribution is -0.432. The lowest BCUT2D eigenvalue weighted by Crippen LogP contribution is -2.36. The Morgan fingerprint density at radius 2 is 1.68 bits per heavy atom. The Morgan fingerprint density at radius 1 is 0.950 bits per heavy atom. The lowest BCUT2D eigenvalue weighted by Gasteiger charge is -2.15. The Labute approximate surface area is 236 Å². The maximum Gasteiger partial charge on any atom is 0.323 e. The minimum Gasteiger partial charge on any atom is -0.480 e. The van der Waals surface area contributed by atoms with Gasteiger partial charge in [-0.1, -0.05) is 42.5 Å². The van der Waals surface area contributed by atoms with Gasteiger partial charge in [-0.05, 0) is 57.5 Å². The second-order valence-electron chi connectivity index (χ2n) is 10.7. The summed E-state index contributed by atoms with van der Waals surface area (Å²) in [5.74, 6) is -1.04. The highest BCUT2D eigenvalue weighted by molar-refractivity contribution is 7.07. The van der Waals surface area contributed by atoms with E-state index in [2.05, 4.69) is 79.3 Å².